The van der Waals surface area contributed by atoms with Crippen LogP contribution in [0.5, 0.6) is 0 Å². The molecule has 0 unspecified atom stereocenters. The lowest BCUT2D eigenvalue weighted by molar-refractivity contribution is -0.0222. The van der Waals surface area contributed by atoms with Gasteiger partial charge >= 0.3 is 0 Å². The Balaban J connectivity index is 1.65. The van der Waals surface area contributed by atoms with E-state index in [-0.39, 0.29) is 12.1 Å². The van der Waals surface area contributed by atoms with Crippen molar-refractivity contribution in [1.82, 2.24) is 20.1 Å². The molecule has 0 radical (unpaired) electrons. The maximum atomic E-state index is 14.5. The molecule has 0 fully saturated rings. The van der Waals surface area contributed by atoms with Crippen molar-refractivity contribution >= 4 is 0 Å². The number of rotatable bonds is 10. The Hall–Kier alpha value is -2.68. The molecule has 29 heavy (non-hydrogen) atoms. The maximum absolute atomic E-state index is 14.5. The second-order valence-electron chi connectivity index (χ2n) is 6.86. The molecule has 2 aromatic carbocycles. The number of aliphatic hydroxyl groups is 1. The van der Waals surface area contributed by atoms with Crippen LogP contribution in [-0.4, -0.2) is 39.1 Å². The summed E-state index contributed by atoms with van der Waals surface area (Å²) in [6.45, 7) is 3.01. The van der Waals surface area contributed by atoms with E-state index in [9.17, 15) is 13.9 Å². The zero-order valence-corrected chi connectivity index (χ0v) is 16.1. The number of ether oxygens (including phenoxy) is 1. The number of hydrogen-bond acceptors (Lipinski definition) is 5. The molecule has 0 amide bonds. The normalized spacial score (nSPS) is 14.5. The third kappa shape index (κ3) is 5.44. The zero-order chi connectivity index (χ0) is 20.7. The largest absolute Gasteiger partial charge is 0.381 e. The highest BCUT2D eigenvalue weighted by Gasteiger charge is 2.38. The standard InChI is InChI=1S/C21H24F2N4O2/c1-16(25-9-10-29-12-17-5-3-2-4-6-17)21(28,13-27-15-24-14-26-27)19-8-7-18(22)11-20(19)23/h2-8,11,14-16,25,28H,9-10,12-13H2,1H3/t16-,21-/m1/s1. The lowest BCUT2D eigenvalue weighted by Crippen LogP contribution is -2.50. The second-order valence-corrected chi connectivity index (χ2v) is 6.86. The Bertz CT molecular complexity index is 893. The van der Waals surface area contributed by atoms with Crippen LogP contribution in [0.1, 0.15) is 18.1 Å². The lowest BCUT2D eigenvalue weighted by Gasteiger charge is -2.35. The van der Waals surface area contributed by atoms with E-state index in [1.54, 1.807) is 6.92 Å². The first-order chi connectivity index (χ1) is 14.0. The predicted octanol–water partition coefficient (Wildman–Crippen LogP) is 2.64. The Morgan fingerprint density at radius 3 is 2.69 bits per heavy atom. The van der Waals surface area contributed by atoms with Crippen molar-refractivity contribution in [2.45, 2.75) is 31.7 Å². The number of nitrogens with one attached hydrogen (secondary N) is 1. The molecule has 1 aromatic heterocycles. The summed E-state index contributed by atoms with van der Waals surface area (Å²) in [5.74, 6) is -1.52. The molecule has 8 heteroatoms. The summed E-state index contributed by atoms with van der Waals surface area (Å²) in [6, 6.07) is 12.3. The van der Waals surface area contributed by atoms with E-state index >= 15 is 0 Å². The Morgan fingerprint density at radius 2 is 2.00 bits per heavy atom. The summed E-state index contributed by atoms with van der Waals surface area (Å²) in [5.41, 5.74) is -0.624. The second kappa shape index (κ2) is 9.69. The fourth-order valence-corrected chi connectivity index (χ4v) is 3.14. The molecule has 2 N–H and O–H groups in total. The van der Waals surface area contributed by atoms with Crippen molar-refractivity contribution in [2.24, 2.45) is 0 Å². The molecule has 0 bridgehead atoms. The van der Waals surface area contributed by atoms with Crippen LogP contribution in [-0.2, 0) is 23.5 Å². The van der Waals surface area contributed by atoms with E-state index in [0.717, 1.165) is 17.7 Å². The van der Waals surface area contributed by atoms with E-state index in [1.807, 2.05) is 30.3 Å². The molecular weight excluding hydrogens is 378 g/mol. The third-order valence-corrected chi connectivity index (χ3v) is 4.79. The van der Waals surface area contributed by atoms with Gasteiger partial charge in [0.05, 0.1) is 19.8 Å². The van der Waals surface area contributed by atoms with Gasteiger partial charge in [-0.25, -0.2) is 18.4 Å². The van der Waals surface area contributed by atoms with Gasteiger partial charge in [0.2, 0.25) is 0 Å². The van der Waals surface area contributed by atoms with Gasteiger partial charge in [0.1, 0.15) is 29.9 Å². The monoisotopic (exact) mass is 402 g/mol. The third-order valence-electron chi connectivity index (χ3n) is 4.79. The van der Waals surface area contributed by atoms with Gasteiger partial charge in [0.25, 0.3) is 0 Å². The number of halogens is 2. The zero-order valence-electron chi connectivity index (χ0n) is 16.1. The first-order valence-corrected chi connectivity index (χ1v) is 9.34. The molecule has 3 rings (SSSR count). The molecule has 0 aliphatic carbocycles. The van der Waals surface area contributed by atoms with Gasteiger partial charge in [-0.3, -0.25) is 0 Å². The Morgan fingerprint density at radius 1 is 1.21 bits per heavy atom. The van der Waals surface area contributed by atoms with Crippen LogP contribution in [0.2, 0.25) is 0 Å². The number of hydrogen-bond donors (Lipinski definition) is 2. The quantitative estimate of drug-likeness (QED) is 0.510. The van der Waals surface area contributed by atoms with E-state index < -0.39 is 23.3 Å². The molecule has 1 heterocycles. The van der Waals surface area contributed by atoms with E-state index in [4.69, 9.17) is 4.74 Å². The van der Waals surface area contributed by atoms with Crippen molar-refractivity contribution in [2.75, 3.05) is 13.2 Å². The lowest BCUT2D eigenvalue weighted by atomic mass is 9.86. The van der Waals surface area contributed by atoms with Gasteiger partial charge in [-0.1, -0.05) is 36.4 Å². The summed E-state index contributed by atoms with van der Waals surface area (Å²) in [6.07, 6.45) is 2.76. The van der Waals surface area contributed by atoms with Crippen LogP contribution in [0.4, 0.5) is 8.78 Å². The summed E-state index contributed by atoms with van der Waals surface area (Å²) in [7, 11) is 0. The minimum Gasteiger partial charge on any atom is -0.381 e. The minimum absolute atomic E-state index is 0.0143. The molecule has 0 spiro atoms. The highest BCUT2D eigenvalue weighted by Crippen LogP contribution is 2.30. The summed E-state index contributed by atoms with van der Waals surface area (Å²) in [4.78, 5) is 3.86. The van der Waals surface area contributed by atoms with Gasteiger partial charge in [-0.05, 0) is 18.6 Å². The number of benzene rings is 2. The number of aromatic nitrogens is 3. The Labute approximate surface area is 168 Å². The average Bonchev–Trinajstić information content (AvgIpc) is 3.21. The summed E-state index contributed by atoms with van der Waals surface area (Å²) < 4.78 is 34.9. The molecule has 0 saturated carbocycles. The first-order valence-electron chi connectivity index (χ1n) is 9.34. The van der Waals surface area contributed by atoms with Crippen LogP contribution in [0, 0.1) is 11.6 Å². The SMILES string of the molecule is C[C@@H](NCCOCc1ccccc1)[C@](O)(Cn1cncn1)c1ccc(F)cc1F. The van der Waals surface area contributed by atoms with E-state index in [2.05, 4.69) is 15.4 Å². The van der Waals surface area contributed by atoms with Crippen LogP contribution in [0.25, 0.3) is 0 Å². The number of nitrogens with zero attached hydrogens (tertiary/aromatic N) is 3. The predicted molar refractivity (Wildman–Crippen MR) is 104 cm³/mol. The maximum Gasteiger partial charge on any atom is 0.137 e. The van der Waals surface area contributed by atoms with Gasteiger partial charge in [0.15, 0.2) is 0 Å². The summed E-state index contributed by atoms with van der Waals surface area (Å²) in [5, 5.41) is 18.5. The fraction of sp³-hybridized carbons (Fsp3) is 0.333. The summed E-state index contributed by atoms with van der Waals surface area (Å²) >= 11 is 0. The van der Waals surface area contributed by atoms with Crippen LogP contribution < -0.4 is 5.32 Å². The molecule has 0 aliphatic rings. The van der Waals surface area contributed by atoms with Gasteiger partial charge in [0, 0.05) is 24.2 Å². The van der Waals surface area contributed by atoms with Crippen molar-refractivity contribution in [3.05, 3.63) is 83.9 Å². The fourth-order valence-electron chi connectivity index (χ4n) is 3.14. The van der Waals surface area contributed by atoms with Gasteiger partial charge in [-0.15, -0.1) is 0 Å². The van der Waals surface area contributed by atoms with E-state index in [1.165, 1.54) is 23.4 Å². The van der Waals surface area contributed by atoms with Crippen LogP contribution in [0.3, 0.4) is 0 Å². The van der Waals surface area contributed by atoms with Crippen molar-refractivity contribution in [3.8, 4) is 0 Å². The molecule has 154 valence electrons. The van der Waals surface area contributed by atoms with E-state index in [0.29, 0.717) is 19.8 Å². The van der Waals surface area contributed by atoms with Gasteiger partial charge in [-0.2, -0.15) is 5.10 Å². The highest BCUT2D eigenvalue weighted by atomic mass is 19.1. The molecule has 6 nitrogen and oxygen atoms in total. The van der Waals surface area contributed by atoms with Gasteiger partial charge < -0.3 is 15.2 Å². The average molecular weight is 402 g/mol. The first kappa shape index (κ1) is 21.0. The topological polar surface area (TPSA) is 72.2 Å². The molecule has 0 aliphatic heterocycles. The highest BCUT2D eigenvalue weighted by molar-refractivity contribution is 5.27. The van der Waals surface area contributed by atoms with Crippen molar-refractivity contribution < 1.29 is 18.6 Å². The smallest absolute Gasteiger partial charge is 0.137 e. The molecule has 3 aromatic rings. The Kier molecular flexibility index (Phi) is 7.03. The van der Waals surface area contributed by atoms with Crippen molar-refractivity contribution in [3.63, 3.8) is 0 Å². The van der Waals surface area contributed by atoms with Crippen LogP contribution >= 0.6 is 0 Å². The van der Waals surface area contributed by atoms with Crippen molar-refractivity contribution in [1.29, 1.82) is 0 Å². The molecule has 0 saturated heterocycles. The molecular formula is C21H24F2N4O2. The minimum atomic E-state index is -1.68. The van der Waals surface area contributed by atoms with Crippen LogP contribution in [0.15, 0.2) is 61.2 Å². The molecule has 2 atom stereocenters.